The molecule has 26 heavy (non-hydrogen) atoms. The molecule has 0 heterocycles. The molecule has 2 aromatic rings. The molecule has 0 aliphatic heterocycles. The van der Waals surface area contributed by atoms with Crippen molar-refractivity contribution in [2.45, 2.75) is 13.8 Å². The fraction of sp³-hybridized carbons (Fsp3) is 0.211. The number of urea groups is 1. The fourth-order valence-corrected chi connectivity index (χ4v) is 2.21. The summed E-state index contributed by atoms with van der Waals surface area (Å²) in [6.45, 7) is 3.76. The standard InChI is InChI=1S/C19H20N4O3/c1-13-7-8-16(11-14(13)2)23(10-9-20)19(25)26-17-6-4-5-15(12-17)22-18(24)21-3/h4-8,11-12H,10H2,1-3H3,(H2,21,22,24). The summed E-state index contributed by atoms with van der Waals surface area (Å²) in [4.78, 5) is 25.2. The molecule has 134 valence electrons. The first-order valence-corrected chi connectivity index (χ1v) is 7.97. The van der Waals surface area contributed by atoms with Gasteiger partial charge in [0.1, 0.15) is 12.3 Å². The number of anilines is 2. The fourth-order valence-electron chi connectivity index (χ4n) is 2.21. The van der Waals surface area contributed by atoms with E-state index in [9.17, 15) is 9.59 Å². The Kier molecular flexibility index (Phi) is 6.17. The number of benzene rings is 2. The number of nitrogens with zero attached hydrogens (tertiary/aromatic N) is 2. The van der Waals surface area contributed by atoms with E-state index in [-0.39, 0.29) is 18.3 Å². The minimum absolute atomic E-state index is 0.141. The second-order valence-electron chi connectivity index (χ2n) is 5.61. The average Bonchev–Trinajstić information content (AvgIpc) is 2.62. The van der Waals surface area contributed by atoms with Crippen molar-refractivity contribution in [3.05, 3.63) is 53.6 Å². The number of nitriles is 1. The van der Waals surface area contributed by atoms with Gasteiger partial charge in [0, 0.05) is 24.5 Å². The predicted molar refractivity (Wildman–Crippen MR) is 99.4 cm³/mol. The van der Waals surface area contributed by atoms with Gasteiger partial charge in [-0.25, -0.2) is 9.59 Å². The Morgan fingerprint density at radius 1 is 1.15 bits per heavy atom. The van der Waals surface area contributed by atoms with E-state index in [1.165, 1.54) is 18.0 Å². The number of rotatable bonds is 4. The average molecular weight is 352 g/mol. The molecule has 0 atom stereocenters. The lowest BCUT2D eigenvalue weighted by Gasteiger charge is -2.20. The van der Waals surface area contributed by atoms with E-state index in [1.54, 1.807) is 24.3 Å². The van der Waals surface area contributed by atoms with Crippen LogP contribution in [0, 0.1) is 25.2 Å². The number of hydrogen-bond acceptors (Lipinski definition) is 4. The second kappa shape index (κ2) is 8.53. The topological polar surface area (TPSA) is 94.5 Å². The number of aryl methyl sites for hydroxylation is 2. The Morgan fingerprint density at radius 3 is 2.58 bits per heavy atom. The van der Waals surface area contributed by atoms with Crippen molar-refractivity contribution < 1.29 is 14.3 Å². The minimum atomic E-state index is -0.674. The van der Waals surface area contributed by atoms with Crippen LogP contribution in [0.2, 0.25) is 0 Å². The molecule has 7 heteroatoms. The number of amides is 3. The lowest BCUT2D eigenvalue weighted by atomic mass is 10.1. The van der Waals surface area contributed by atoms with Gasteiger partial charge in [-0.05, 0) is 49.2 Å². The highest BCUT2D eigenvalue weighted by molar-refractivity contribution is 5.91. The van der Waals surface area contributed by atoms with E-state index in [1.807, 2.05) is 32.0 Å². The lowest BCUT2D eigenvalue weighted by molar-refractivity contribution is 0.208. The summed E-state index contributed by atoms with van der Waals surface area (Å²) in [7, 11) is 1.50. The SMILES string of the molecule is CNC(=O)Nc1cccc(OC(=O)N(CC#N)c2ccc(C)c(C)c2)c1. The molecule has 0 fully saturated rings. The number of nitrogens with one attached hydrogen (secondary N) is 2. The highest BCUT2D eigenvalue weighted by Crippen LogP contribution is 2.22. The molecule has 0 saturated heterocycles. The van der Waals surface area contributed by atoms with Crippen molar-refractivity contribution in [1.82, 2.24) is 5.32 Å². The zero-order valence-corrected chi connectivity index (χ0v) is 14.9. The monoisotopic (exact) mass is 352 g/mol. The van der Waals surface area contributed by atoms with Crippen LogP contribution in [0.5, 0.6) is 5.75 Å². The molecule has 0 aliphatic rings. The van der Waals surface area contributed by atoms with Crippen molar-refractivity contribution in [3.63, 3.8) is 0 Å². The van der Waals surface area contributed by atoms with Crippen LogP contribution < -0.4 is 20.3 Å². The minimum Gasteiger partial charge on any atom is -0.410 e. The Balaban J connectivity index is 2.20. The van der Waals surface area contributed by atoms with Crippen molar-refractivity contribution >= 4 is 23.5 Å². The summed E-state index contributed by atoms with van der Waals surface area (Å²) in [5.74, 6) is 0.260. The van der Waals surface area contributed by atoms with Crippen LogP contribution in [0.25, 0.3) is 0 Å². The van der Waals surface area contributed by atoms with E-state index < -0.39 is 6.09 Å². The molecule has 7 nitrogen and oxygen atoms in total. The first-order chi connectivity index (χ1) is 12.4. The van der Waals surface area contributed by atoms with Gasteiger partial charge in [0.15, 0.2) is 0 Å². The van der Waals surface area contributed by atoms with Crippen molar-refractivity contribution in [1.29, 1.82) is 5.26 Å². The molecule has 0 spiro atoms. The summed E-state index contributed by atoms with van der Waals surface area (Å²) < 4.78 is 5.37. The molecule has 2 rings (SSSR count). The van der Waals surface area contributed by atoms with Crippen LogP contribution in [0.15, 0.2) is 42.5 Å². The summed E-state index contributed by atoms with van der Waals surface area (Å²) >= 11 is 0. The maximum atomic E-state index is 12.5. The third-order valence-electron chi connectivity index (χ3n) is 3.78. The van der Waals surface area contributed by atoms with Gasteiger partial charge in [-0.15, -0.1) is 0 Å². The van der Waals surface area contributed by atoms with Crippen LogP contribution in [0.3, 0.4) is 0 Å². The largest absolute Gasteiger partial charge is 0.420 e. The third kappa shape index (κ3) is 4.74. The molecular formula is C19H20N4O3. The van der Waals surface area contributed by atoms with E-state index in [0.717, 1.165) is 11.1 Å². The van der Waals surface area contributed by atoms with Crippen molar-refractivity contribution in [3.8, 4) is 11.8 Å². The van der Waals surface area contributed by atoms with Crippen LogP contribution in [0.1, 0.15) is 11.1 Å². The number of carbonyl (C=O) groups is 2. The number of ether oxygens (including phenoxy) is 1. The second-order valence-corrected chi connectivity index (χ2v) is 5.61. The Labute approximate surface area is 152 Å². The zero-order chi connectivity index (χ0) is 19.1. The summed E-state index contributed by atoms with van der Waals surface area (Å²) in [6, 6.07) is 13.5. The van der Waals surface area contributed by atoms with Crippen LogP contribution >= 0.6 is 0 Å². The van der Waals surface area contributed by atoms with Gasteiger partial charge in [0.25, 0.3) is 0 Å². The molecule has 0 aromatic heterocycles. The first kappa shape index (κ1) is 18.8. The molecule has 2 aromatic carbocycles. The van der Waals surface area contributed by atoms with Gasteiger partial charge in [0.2, 0.25) is 0 Å². The molecule has 3 amide bonds. The normalized spacial score (nSPS) is 9.77. The molecule has 0 bridgehead atoms. The molecule has 0 aliphatic carbocycles. The van der Waals surface area contributed by atoms with Gasteiger partial charge in [0.05, 0.1) is 6.07 Å². The van der Waals surface area contributed by atoms with Gasteiger partial charge in [-0.3, -0.25) is 4.90 Å². The van der Waals surface area contributed by atoms with Crippen LogP contribution in [-0.2, 0) is 0 Å². The summed E-state index contributed by atoms with van der Waals surface area (Å²) in [5.41, 5.74) is 3.16. The van der Waals surface area contributed by atoms with Gasteiger partial charge in [-0.1, -0.05) is 12.1 Å². The number of carbonyl (C=O) groups excluding carboxylic acids is 2. The highest BCUT2D eigenvalue weighted by Gasteiger charge is 2.18. The van der Waals surface area contributed by atoms with Crippen LogP contribution in [0.4, 0.5) is 21.0 Å². The highest BCUT2D eigenvalue weighted by atomic mass is 16.6. The predicted octanol–water partition coefficient (Wildman–Crippen LogP) is 3.58. The van der Waals surface area contributed by atoms with E-state index in [0.29, 0.717) is 11.4 Å². The molecule has 0 radical (unpaired) electrons. The van der Waals surface area contributed by atoms with Crippen molar-refractivity contribution in [2.24, 2.45) is 0 Å². The van der Waals surface area contributed by atoms with Crippen LogP contribution in [-0.4, -0.2) is 25.7 Å². The van der Waals surface area contributed by atoms with Crippen molar-refractivity contribution in [2.75, 3.05) is 23.8 Å². The zero-order valence-electron chi connectivity index (χ0n) is 14.9. The molecule has 2 N–H and O–H groups in total. The first-order valence-electron chi connectivity index (χ1n) is 7.97. The van der Waals surface area contributed by atoms with Gasteiger partial charge < -0.3 is 15.4 Å². The Morgan fingerprint density at radius 2 is 1.92 bits per heavy atom. The number of hydrogen-bond donors (Lipinski definition) is 2. The van der Waals surface area contributed by atoms with E-state index in [4.69, 9.17) is 10.00 Å². The van der Waals surface area contributed by atoms with E-state index >= 15 is 0 Å². The van der Waals surface area contributed by atoms with Gasteiger partial charge >= 0.3 is 12.1 Å². The van der Waals surface area contributed by atoms with Gasteiger partial charge in [-0.2, -0.15) is 5.26 Å². The lowest BCUT2D eigenvalue weighted by Crippen LogP contribution is -2.34. The summed E-state index contributed by atoms with van der Waals surface area (Å²) in [6.07, 6.45) is -0.674. The Bertz CT molecular complexity index is 858. The quantitative estimate of drug-likeness (QED) is 0.822. The van der Waals surface area contributed by atoms with E-state index in [2.05, 4.69) is 10.6 Å². The Hall–Kier alpha value is -3.53. The molecule has 0 unspecified atom stereocenters. The maximum Gasteiger partial charge on any atom is 0.420 e. The molecular weight excluding hydrogens is 332 g/mol. The maximum absolute atomic E-state index is 12.5. The molecule has 0 saturated carbocycles. The smallest absolute Gasteiger partial charge is 0.410 e. The third-order valence-corrected chi connectivity index (χ3v) is 3.78. The summed E-state index contributed by atoms with van der Waals surface area (Å²) in [5, 5.41) is 14.1.